The van der Waals surface area contributed by atoms with E-state index in [0.717, 1.165) is 17.4 Å². The second-order valence-electron chi connectivity index (χ2n) is 7.24. The van der Waals surface area contributed by atoms with Gasteiger partial charge in [-0.25, -0.2) is 0 Å². The molecule has 0 rings (SSSR count). The minimum absolute atomic E-state index is 0.0395. The number of hydrogen-bond donors (Lipinski definition) is 2. The van der Waals surface area contributed by atoms with E-state index in [9.17, 15) is 19.4 Å². The van der Waals surface area contributed by atoms with E-state index < -0.39 is 25.3 Å². The van der Waals surface area contributed by atoms with E-state index in [-0.39, 0.29) is 32.8 Å². The van der Waals surface area contributed by atoms with Crippen LogP contribution in [0.4, 0.5) is 0 Å². The van der Waals surface area contributed by atoms with Crippen LogP contribution in [-0.2, 0) is 23.4 Å². The second-order valence-corrected chi connectivity index (χ2v) is 9.36. The molecule has 0 aromatic rings. The molecular weight excluding hydrogens is 361 g/mol. The van der Waals surface area contributed by atoms with Crippen molar-refractivity contribution in [3.63, 3.8) is 0 Å². The van der Waals surface area contributed by atoms with Crippen LogP contribution in [0, 0.1) is 0 Å². The van der Waals surface area contributed by atoms with Crippen molar-refractivity contribution in [1.29, 1.82) is 0 Å². The maximum atomic E-state index is 12.6. The number of quaternary nitrogens is 1. The summed E-state index contributed by atoms with van der Waals surface area (Å²) in [4.78, 5) is 21.5. The molecule has 0 heterocycles. The first-order valence-corrected chi connectivity index (χ1v) is 10.4. The van der Waals surface area contributed by atoms with Crippen LogP contribution in [0.2, 0.25) is 0 Å². The lowest BCUT2D eigenvalue weighted by Crippen LogP contribution is -2.35. The highest BCUT2D eigenvalue weighted by Gasteiger charge is 2.33. The molecule has 0 fully saturated rings. The summed E-state index contributed by atoms with van der Waals surface area (Å²) in [5.74, 6) is -0.525. The Kier molecular flexibility index (Phi) is 12.2. The van der Waals surface area contributed by atoms with Gasteiger partial charge in [0.2, 0.25) is 0 Å². The van der Waals surface area contributed by atoms with Gasteiger partial charge in [-0.3, -0.25) is 9.36 Å². The van der Waals surface area contributed by atoms with Gasteiger partial charge >= 0.3 is 13.6 Å². The third-order valence-corrected chi connectivity index (χ3v) is 5.57. The van der Waals surface area contributed by atoms with Gasteiger partial charge in [0.15, 0.2) is 0 Å². The van der Waals surface area contributed by atoms with Crippen molar-refractivity contribution in [2.75, 3.05) is 54.1 Å². The van der Waals surface area contributed by atoms with E-state index in [2.05, 4.69) is 6.58 Å². The zero-order valence-corrected chi connectivity index (χ0v) is 17.3. The van der Waals surface area contributed by atoms with Gasteiger partial charge in [-0.15, -0.1) is 6.58 Å². The van der Waals surface area contributed by atoms with Crippen LogP contribution in [0.1, 0.15) is 26.2 Å². The van der Waals surface area contributed by atoms with Crippen LogP contribution in [0.5, 0.6) is 0 Å². The Morgan fingerprint density at radius 3 is 2.42 bits per heavy atom. The third-order valence-electron chi connectivity index (χ3n) is 3.61. The molecule has 2 unspecified atom stereocenters. The van der Waals surface area contributed by atoms with E-state index >= 15 is 0 Å². The van der Waals surface area contributed by atoms with Gasteiger partial charge in [0.25, 0.3) is 0 Å². The van der Waals surface area contributed by atoms with Crippen molar-refractivity contribution in [3.8, 4) is 0 Å². The lowest BCUT2D eigenvalue weighted by Gasteiger charge is -2.27. The number of aliphatic hydroxyl groups is 1. The van der Waals surface area contributed by atoms with Gasteiger partial charge in [0, 0.05) is 13.5 Å². The molecule has 0 aliphatic carbocycles. The monoisotopic (exact) mass is 396 g/mol. The molecule has 0 aliphatic rings. The van der Waals surface area contributed by atoms with Crippen molar-refractivity contribution in [1.82, 2.24) is 0 Å². The summed E-state index contributed by atoms with van der Waals surface area (Å²) >= 11 is 0. The molecule has 0 radical (unpaired) electrons. The summed E-state index contributed by atoms with van der Waals surface area (Å²) in [7, 11) is 2.16. The Balaban J connectivity index is 4.73. The number of ether oxygens (including phenoxy) is 2. The van der Waals surface area contributed by atoms with Crippen molar-refractivity contribution in [3.05, 3.63) is 12.7 Å². The quantitative estimate of drug-likeness (QED) is 0.142. The maximum absolute atomic E-state index is 12.6. The summed E-state index contributed by atoms with van der Waals surface area (Å²) < 4.78 is 28.9. The SMILES string of the molecule is C=CCOC[C@H](COP(=O)(O)C(CCO)CCC[N+](C)(C)C)OC(C)=O. The van der Waals surface area contributed by atoms with Crippen molar-refractivity contribution in [2.24, 2.45) is 0 Å². The lowest BCUT2D eigenvalue weighted by molar-refractivity contribution is -0.870. The number of hydrogen-bond acceptors (Lipinski definition) is 6. The number of rotatable bonds is 15. The molecule has 9 heteroatoms. The third kappa shape index (κ3) is 12.6. The van der Waals surface area contributed by atoms with Crippen LogP contribution in [0.3, 0.4) is 0 Å². The Bertz CT molecular complexity index is 465. The van der Waals surface area contributed by atoms with E-state index in [1.54, 1.807) is 6.08 Å². The van der Waals surface area contributed by atoms with Gasteiger partial charge in [0.1, 0.15) is 6.10 Å². The fourth-order valence-electron chi connectivity index (χ4n) is 2.35. The number of aliphatic hydroxyl groups excluding tert-OH is 1. The molecule has 0 saturated heterocycles. The molecule has 2 N–H and O–H groups in total. The zero-order chi connectivity index (χ0) is 20.2. The zero-order valence-electron chi connectivity index (χ0n) is 16.4. The average Bonchev–Trinajstić information content (AvgIpc) is 2.50. The van der Waals surface area contributed by atoms with Crippen LogP contribution in [-0.4, -0.2) is 86.3 Å². The number of carbonyl (C=O) groups excluding carboxylic acids is 1. The number of carbonyl (C=O) groups is 1. The molecule has 8 nitrogen and oxygen atoms in total. The highest BCUT2D eigenvalue weighted by atomic mass is 31.2. The molecule has 0 amide bonds. The fraction of sp³-hybridized carbons (Fsp3) is 0.824. The molecular formula is C17H35NO7P+. The molecule has 0 saturated carbocycles. The van der Waals surface area contributed by atoms with Crippen LogP contribution >= 0.6 is 7.60 Å². The fourth-order valence-corrected chi connectivity index (χ4v) is 3.89. The van der Waals surface area contributed by atoms with Gasteiger partial charge in [-0.2, -0.15) is 0 Å². The minimum Gasteiger partial charge on any atom is -0.458 e. The molecule has 0 aliphatic heterocycles. The van der Waals surface area contributed by atoms with Gasteiger partial charge < -0.3 is 28.5 Å². The highest BCUT2D eigenvalue weighted by molar-refractivity contribution is 7.53. The normalized spacial score (nSPS) is 16.5. The number of esters is 1. The standard InChI is InChI=1S/C17H34NO7P/c1-6-12-23-13-16(25-15(2)20)14-24-26(21,22)17(9-11-19)8-7-10-18(3,4)5/h6,16-17,19H,1,7-14H2,2-5H3/p+1/t16-,17?/m1/s1. The molecule has 0 aromatic heterocycles. The predicted molar refractivity (Wildman–Crippen MR) is 100.0 cm³/mol. The Morgan fingerprint density at radius 2 is 1.92 bits per heavy atom. The van der Waals surface area contributed by atoms with E-state index in [1.807, 2.05) is 21.1 Å². The van der Waals surface area contributed by atoms with Gasteiger partial charge in [0.05, 0.1) is 53.2 Å². The van der Waals surface area contributed by atoms with Gasteiger partial charge in [-0.1, -0.05) is 6.08 Å². The molecule has 154 valence electrons. The Labute approximate surface area is 156 Å². The average molecular weight is 396 g/mol. The van der Waals surface area contributed by atoms with Crippen molar-refractivity contribution < 1.29 is 37.8 Å². The Morgan fingerprint density at radius 1 is 1.27 bits per heavy atom. The second kappa shape index (κ2) is 12.6. The predicted octanol–water partition coefficient (Wildman–Crippen LogP) is 1.56. The minimum atomic E-state index is -3.97. The summed E-state index contributed by atoms with van der Waals surface area (Å²) in [5, 5.41) is 9.21. The smallest absolute Gasteiger partial charge is 0.331 e. The van der Waals surface area contributed by atoms with E-state index in [4.69, 9.17) is 14.0 Å². The van der Waals surface area contributed by atoms with Gasteiger partial charge in [-0.05, 0) is 19.3 Å². The lowest BCUT2D eigenvalue weighted by atomic mass is 10.2. The maximum Gasteiger partial charge on any atom is 0.331 e. The summed E-state index contributed by atoms with van der Waals surface area (Å²) in [6.07, 6.45) is 2.14. The molecule has 0 aromatic carbocycles. The van der Waals surface area contributed by atoms with E-state index in [0.29, 0.717) is 6.42 Å². The Hall–Kier alpha value is -0.760. The summed E-state index contributed by atoms with van der Waals surface area (Å²) in [6.45, 7) is 5.47. The first-order chi connectivity index (χ1) is 12.0. The van der Waals surface area contributed by atoms with Crippen molar-refractivity contribution >= 4 is 13.6 Å². The van der Waals surface area contributed by atoms with Crippen LogP contribution in [0.15, 0.2) is 12.7 Å². The largest absolute Gasteiger partial charge is 0.458 e. The van der Waals surface area contributed by atoms with E-state index in [1.165, 1.54) is 6.92 Å². The van der Waals surface area contributed by atoms with Crippen molar-refractivity contribution in [2.45, 2.75) is 37.9 Å². The summed E-state index contributed by atoms with van der Waals surface area (Å²) in [5.41, 5.74) is -0.661. The van der Waals surface area contributed by atoms with Crippen LogP contribution in [0.25, 0.3) is 0 Å². The summed E-state index contributed by atoms with van der Waals surface area (Å²) in [6, 6.07) is 0. The van der Waals surface area contributed by atoms with Crippen LogP contribution < -0.4 is 0 Å². The molecule has 3 atom stereocenters. The highest BCUT2D eigenvalue weighted by Crippen LogP contribution is 2.50. The molecule has 0 bridgehead atoms. The molecule has 0 spiro atoms. The number of nitrogens with zero attached hydrogens (tertiary/aromatic N) is 1. The topological polar surface area (TPSA) is 102 Å². The molecule has 26 heavy (non-hydrogen) atoms. The first-order valence-electron chi connectivity index (χ1n) is 8.76. The first kappa shape index (κ1) is 25.2.